The first-order valence-corrected chi connectivity index (χ1v) is 7.13. The first kappa shape index (κ1) is 15.2. The Morgan fingerprint density at radius 1 is 1.19 bits per heavy atom. The number of methoxy groups -OCH3 is 1. The fourth-order valence-electron chi connectivity index (χ4n) is 1.80. The predicted octanol–water partition coefficient (Wildman–Crippen LogP) is 3.74. The van der Waals surface area contributed by atoms with Crippen LogP contribution in [0, 0.1) is 5.92 Å². The zero-order valence-electron chi connectivity index (χ0n) is 12.8. The standard InChI is InChI=1S/C17H22N2O2/c1-13(2)12-21-16-6-4-5-15(9-16)18-10-14-7-8-17(20-3)19-11-14/h4-9,11,13,18H,10,12H2,1-3H3. The first-order valence-electron chi connectivity index (χ1n) is 7.13. The molecule has 21 heavy (non-hydrogen) atoms. The number of hydrogen-bond acceptors (Lipinski definition) is 4. The molecule has 0 aliphatic heterocycles. The highest BCUT2D eigenvalue weighted by atomic mass is 16.5. The smallest absolute Gasteiger partial charge is 0.212 e. The number of aromatic nitrogens is 1. The maximum absolute atomic E-state index is 5.72. The third-order valence-corrected chi connectivity index (χ3v) is 2.92. The van der Waals surface area contributed by atoms with Crippen LogP contribution in [0.3, 0.4) is 0 Å². The van der Waals surface area contributed by atoms with Crippen molar-refractivity contribution < 1.29 is 9.47 Å². The number of nitrogens with one attached hydrogen (secondary N) is 1. The lowest BCUT2D eigenvalue weighted by Gasteiger charge is -2.11. The maximum atomic E-state index is 5.72. The number of nitrogens with zero attached hydrogens (tertiary/aromatic N) is 1. The minimum Gasteiger partial charge on any atom is -0.493 e. The molecule has 0 bridgehead atoms. The molecule has 1 aromatic heterocycles. The van der Waals surface area contributed by atoms with Crippen LogP contribution in [0.25, 0.3) is 0 Å². The molecule has 0 saturated heterocycles. The maximum Gasteiger partial charge on any atom is 0.212 e. The van der Waals surface area contributed by atoms with Crippen LogP contribution in [0.1, 0.15) is 19.4 Å². The molecule has 0 fully saturated rings. The Kier molecular flexibility index (Phi) is 5.43. The van der Waals surface area contributed by atoms with E-state index in [4.69, 9.17) is 9.47 Å². The monoisotopic (exact) mass is 286 g/mol. The fourth-order valence-corrected chi connectivity index (χ4v) is 1.80. The molecule has 0 radical (unpaired) electrons. The van der Waals surface area contributed by atoms with Crippen molar-refractivity contribution in [3.63, 3.8) is 0 Å². The quantitative estimate of drug-likeness (QED) is 0.842. The van der Waals surface area contributed by atoms with Gasteiger partial charge in [0.05, 0.1) is 13.7 Å². The van der Waals surface area contributed by atoms with Gasteiger partial charge in [0.1, 0.15) is 5.75 Å². The minimum absolute atomic E-state index is 0.520. The van der Waals surface area contributed by atoms with E-state index in [0.29, 0.717) is 18.3 Å². The molecule has 0 atom stereocenters. The highest BCUT2D eigenvalue weighted by molar-refractivity contribution is 5.48. The minimum atomic E-state index is 0.520. The Balaban J connectivity index is 1.91. The van der Waals surface area contributed by atoms with E-state index in [1.54, 1.807) is 7.11 Å². The van der Waals surface area contributed by atoms with Gasteiger partial charge in [-0.25, -0.2) is 4.98 Å². The van der Waals surface area contributed by atoms with Crippen molar-refractivity contribution >= 4 is 5.69 Å². The van der Waals surface area contributed by atoms with Crippen molar-refractivity contribution in [3.8, 4) is 11.6 Å². The van der Waals surface area contributed by atoms with Gasteiger partial charge in [0.2, 0.25) is 5.88 Å². The molecule has 1 aromatic carbocycles. The van der Waals surface area contributed by atoms with Gasteiger partial charge >= 0.3 is 0 Å². The van der Waals surface area contributed by atoms with Gasteiger partial charge in [-0.3, -0.25) is 0 Å². The lowest BCUT2D eigenvalue weighted by Crippen LogP contribution is -2.05. The van der Waals surface area contributed by atoms with E-state index in [-0.39, 0.29) is 0 Å². The van der Waals surface area contributed by atoms with Crippen LogP contribution in [0.15, 0.2) is 42.6 Å². The molecule has 0 spiro atoms. The fraction of sp³-hybridized carbons (Fsp3) is 0.353. The van der Waals surface area contributed by atoms with Crippen LogP contribution in [0.2, 0.25) is 0 Å². The van der Waals surface area contributed by atoms with E-state index >= 15 is 0 Å². The van der Waals surface area contributed by atoms with Gasteiger partial charge in [-0.05, 0) is 23.6 Å². The Bertz CT molecular complexity index is 553. The van der Waals surface area contributed by atoms with Gasteiger partial charge in [-0.2, -0.15) is 0 Å². The van der Waals surface area contributed by atoms with Crippen molar-refractivity contribution in [1.82, 2.24) is 4.98 Å². The second kappa shape index (κ2) is 7.53. The van der Waals surface area contributed by atoms with E-state index in [1.165, 1.54) is 0 Å². The highest BCUT2D eigenvalue weighted by Gasteiger charge is 2.00. The number of rotatable bonds is 7. The van der Waals surface area contributed by atoms with Crippen LogP contribution in [0.4, 0.5) is 5.69 Å². The Morgan fingerprint density at radius 2 is 2.05 bits per heavy atom. The number of hydrogen-bond donors (Lipinski definition) is 1. The number of ether oxygens (including phenoxy) is 2. The summed E-state index contributed by atoms with van der Waals surface area (Å²) in [5.74, 6) is 2.04. The zero-order chi connectivity index (χ0) is 15.1. The molecular formula is C17H22N2O2. The molecule has 4 heteroatoms. The molecule has 0 aliphatic rings. The molecule has 2 aromatic rings. The van der Waals surface area contributed by atoms with Crippen molar-refractivity contribution in [2.24, 2.45) is 5.92 Å². The highest BCUT2D eigenvalue weighted by Crippen LogP contribution is 2.19. The molecular weight excluding hydrogens is 264 g/mol. The van der Waals surface area contributed by atoms with Gasteiger partial charge in [-0.1, -0.05) is 26.0 Å². The summed E-state index contributed by atoms with van der Waals surface area (Å²) in [5, 5.41) is 3.37. The molecule has 2 rings (SSSR count). The van der Waals surface area contributed by atoms with Crippen molar-refractivity contribution in [2.75, 3.05) is 19.0 Å². The van der Waals surface area contributed by atoms with E-state index in [2.05, 4.69) is 24.1 Å². The summed E-state index contributed by atoms with van der Waals surface area (Å²) in [6.07, 6.45) is 1.81. The molecule has 112 valence electrons. The second-order valence-corrected chi connectivity index (χ2v) is 5.30. The molecule has 4 nitrogen and oxygen atoms in total. The summed E-state index contributed by atoms with van der Waals surface area (Å²) in [4.78, 5) is 4.19. The first-order chi connectivity index (χ1) is 10.2. The second-order valence-electron chi connectivity index (χ2n) is 5.30. The Labute approximate surface area is 126 Å². The predicted molar refractivity (Wildman–Crippen MR) is 84.9 cm³/mol. The molecule has 1 N–H and O–H groups in total. The van der Waals surface area contributed by atoms with Crippen LogP contribution in [-0.4, -0.2) is 18.7 Å². The summed E-state index contributed by atoms with van der Waals surface area (Å²) < 4.78 is 10.8. The van der Waals surface area contributed by atoms with Gasteiger partial charge in [0, 0.05) is 30.6 Å². The average molecular weight is 286 g/mol. The van der Waals surface area contributed by atoms with Crippen molar-refractivity contribution in [2.45, 2.75) is 20.4 Å². The number of pyridine rings is 1. The lowest BCUT2D eigenvalue weighted by molar-refractivity contribution is 0.271. The lowest BCUT2D eigenvalue weighted by atomic mass is 10.2. The molecule has 0 amide bonds. The molecule has 0 saturated carbocycles. The van der Waals surface area contributed by atoms with Crippen molar-refractivity contribution in [3.05, 3.63) is 48.2 Å². The molecule has 0 unspecified atom stereocenters. The summed E-state index contributed by atoms with van der Waals surface area (Å²) in [6.45, 7) is 5.72. The van der Waals surface area contributed by atoms with Gasteiger partial charge < -0.3 is 14.8 Å². The number of anilines is 1. The van der Waals surface area contributed by atoms with E-state index < -0.39 is 0 Å². The molecule has 0 aliphatic carbocycles. The summed E-state index contributed by atoms with van der Waals surface area (Å²) in [5.41, 5.74) is 2.14. The third-order valence-electron chi connectivity index (χ3n) is 2.92. The summed E-state index contributed by atoms with van der Waals surface area (Å²) in [7, 11) is 1.61. The van der Waals surface area contributed by atoms with E-state index in [0.717, 1.165) is 23.6 Å². The van der Waals surface area contributed by atoms with Gasteiger partial charge in [0.15, 0.2) is 0 Å². The van der Waals surface area contributed by atoms with Crippen LogP contribution < -0.4 is 14.8 Å². The topological polar surface area (TPSA) is 43.4 Å². The van der Waals surface area contributed by atoms with E-state index in [1.807, 2.05) is 42.6 Å². The molecule has 1 heterocycles. The van der Waals surface area contributed by atoms with E-state index in [9.17, 15) is 0 Å². The normalized spacial score (nSPS) is 10.5. The van der Waals surface area contributed by atoms with Gasteiger partial charge in [0.25, 0.3) is 0 Å². The third kappa shape index (κ3) is 4.99. The Morgan fingerprint density at radius 3 is 2.71 bits per heavy atom. The van der Waals surface area contributed by atoms with Crippen LogP contribution in [0.5, 0.6) is 11.6 Å². The van der Waals surface area contributed by atoms with Crippen molar-refractivity contribution in [1.29, 1.82) is 0 Å². The average Bonchev–Trinajstić information content (AvgIpc) is 2.52. The zero-order valence-corrected chi connectivity index (χ0v) is 12.8. The largest absolute Gasteiger partial charge is 0.493 e. The van der Waals surface area contributed by atoms with Crippen LogP contribution in [-0.2, 0) is 6.54 Å². The van der Waals surface area contributed by atoms with Crippen LogP contribution >= 0.6 is 0 Å². The number of benzene rings is 1. The Hall–Kier alpha value is -2.23. The summed E-state index contributed by atoms with van der Waals surface area (Å²) >= 11 is 0. The SMILES string of the molecule is COc1ccc(CNc2cccc(OCC(C)C)c2)cn1. The van der Waals surface area contributed by atoms with Gasteiger partial charge in [-0.15, -0.1) is 0 Å². The summed E-state index contributed by atoms with van der Waals surface area (Å²) in [6, 6.07) is 11.9.